The zero-order chi connectivity index (χ0) is 12.3. The molecule has 0 saturated heterocycles. The summed E-state index contributed by atoms with van der Waals surface area (Å²) in [4.78, 5) is 12.2. The molecule has 2 N–H and O–H groups in total. The summed E-state index contributed by atoms with van der Waals surface area (Å²) in [5.41, 5.74) is 2.32. The maximum Gasteiger partial charge on any atom is 0.274 e. The second kappa shape index (κ2) is 5.01. The number of aromatic nitrogens is 2. The van der Waals surface area contributed by atoms with Crippen LogP contribution in [0.2, 0.25) is 0 Å². The average molecular weight is 232 g/mol. The van der Waals surface area contributed by atoms with Gasteiger partial charge in [0.05, 0.1) is 5.69 Å². The van der Waals surface area contributed by atoms with Crippen LogP contribution in [0.15, 0.2) is 35.1 Å². The molecule has 0 saturated carbocycles. The highest BCUT2D eigenvalue weighted by atomic mass is 16.3. The van der Waals surface area contributed by atoms with E-state index in [2.05, 4.69) is 5.10 Å². The van der Waals surface area contributed by atoms with Gasteiger partial charge in [0, 0.05) is 24.3 Å². The van der Waals surface area contributed by atoms with Crippen LogP contribution in [-0.2, 0) is 12.8 Å². The molecule has 0 spiro atoms. The first-order valence-corrected chi connectivity index (χ1v) is 5.77. The van der Waals surface area contributed by atoms with Gasteiger partial charge in [-0.3, -0.25) is 9.89 Å². The van der Waals surface area contributed by atoms with E-state index in [0.717, 1.165) is 17.8 Å². The number of aryl methyl sites for hydroxylation is 1. The number of nitrogens with zero attached hydrogens (tertiary/aromatic N) is 1. The Hall–Kier alpha value is -1.81. The Morgan fingerprint density at radius 1 is 1.29 bits per heavy atom. The predicted molar refractivity (Wildman–Crippen MR) is 66.6 cm³/mol. The molecule has 2 rings (SSSR count). The number of aliphatic hydroxyl groups is 1. The van der Waals surface area contributed by atoms with Gasteiger partial charge in [-0.1, -0.05) is 25.1 Å². The predicted octanol–water partition coefficient (Wildman–Crippen LogP) is 1.26. The number of aliphatic hydroxyl groups excluding tert-OH is 1. The molecule has 1 aromatic carbocycles. The molecule has 0 aliphatic rings. The van der Waals surface area contributed by atoms with Crippen molar-refractivity contribution in [2.24, 2.45) is 0 Å². The number of hydrogen-bond acceptors (Lipinski definition) is 2. The summed E-state index contributed by atoms with van der Waals surface area (Å²) in [6.07, 6.45) is 1.16. The fraction of sp³-hybridized carbons (Fsp3) is 0.308. The third-order valence-corrected chi connectivity index (χ3v) is 2.80. The van der Waals surface area contributed by atoms with Gasteiger partial charge >= 0.3 is 0 Å². The quantitative estimate of drug-likeness (QED) is 0.833. The van der Waals surface area contributed by atoms with E-state index < -0.39 is 0 Å². The summed E-state index contributed by atoms with van der Waals surface area (Å²) in [5.74, 6) is 0. The van der Waals surface area contributed by atoms with E-state index in [4.69, 9.17) is 5.11 Å². The number of benzene rings is 1. The lowest BCUT2D eigenvalue weighted by Crippen LogP contribution is -2.17. The van der Waals surface area contributed by atoms with Gasteiger partial charge in [-0.15, -0.1) is 0 Å². The first kappa shape index (κ1) is 11.7. The topological polar surface area (TPSA) is 58.0 Å². The van der Waals surface area contributed by atoms with E-state index in [1.165, 1.54) is 4.68 Å². The summed E-state index contributed by atoms with van der Waals surface area (Å²) >= 11 is 0. The molecule has 0 atom stereocenters. The molecule has 1 aromatic heterocycles. The Bertz CT molecular complexity index is 540. The summed E-state index contributed by atoms with van der Waals surface area (Å²) in [6.45, 7) is 1.98. The fourth-order valence-electron chi connectivity index (χ4n) is 1.94. The zero-order valence-electron chi connectivity index (χ0n) is 9.81. The van der Waals surface area contributed by atoms with Crippen LogP contribution in [0, 0.1) is 0 Å². The van der Waals surface area contributed by atoms with Crippen LogP contribution in [0.1, 0.15) is 18.2 Å². The summed E-state index contributed by atoms with van der Waals surface area (Å²) in [7, 11) is 0. The lowest BCUT2D eigenvalue weighted by atomic mass is 10.1. The second-order valence-electron chi connectivity index (χ2n) is 3.87. The number of nitrogens with one attached hydrogen (secondary N) is 1. The average Bonchev–Trinajstić information content (AvgIpc) is 2.69. The van der Waals surface area contributed by atoms with Crippen LogP contribution >= 0.6 is 0 Å². The Morgan fingerprint density at radius 3 is 2.59 bits per heavy atom. The van der Waals surface area contributed by atoms with Crippen LogP contribution in [-0.4, -0.2) is 21.5 Å². The molecule has 17 heavy (non-hydrogen) atoms. The standard InChI is InChI=1S/C13H16N2O2/c1-2-12-11(8-9-16)13(17)15(14-12)10-6-4-3-5-7-10/h3-7,14,16H,2,8-9H2,1H3. The Balaban J connectivity index is 2.53. The van der Waals surface area contributed by atoms with E-state index in [0.29, 0.717) is 12.0 Å². The molecule has 0 radical (unpaired) electrons. The van der Waals surface area contributed by atoms with E-state index in [1.807, 2.05) is 37.3 Å². The molecule has 0 aliphatic heterocycles. The highest BCUT2D eigenvalue weighted by Gasteiger charge is 2.12. The third kappa shape index (κ3) is 2.17. The number of para-hydroxylation sites is 1. The number of hydrogen-bond donors (Lipinski definition) is 2. The molecular formula is C13H16N2O2. The van der Waals surface area contributed by atoms with Gasteiger partial charge in [0.15, 0.2) is 0 Å². The van der Waals surface area contributed by atoms with Crippen molar-refractivity contribution < 1.29 is 5.11 Å². The van der Waals surface area contributed by atoms with Crippen molar-refractivity contribution >= 4 is 0 Å². The SMILES string of the molecule is CCc1[nH]n(-c2ccccc2)c(=O)c1CCO. The zero-order valence-corrected chi connectivity index (χ0v) is 9.81. The van der Waals surface area contributed by atoms with Crippen molar-refractivity contribution in [1.82, 2.24) is 9.78 Å². The maximum absolute atomic E-state index is 12.2. The van der Waals surface area contributed by atoms with E-state index >= 15 is 0 Å². The van der Waals surface area contributed by atoms with Crippen molar-refractivity contribution in [2.75, 3.05) is 6.61 Å². The maximum atomic E-state index is 12.2. The Kier molecular flexibility index (Phi) is 3.44. The van der Waals surface area contributed by atoms with Gasteiger partial charge in [-0.2, -0.15) is 0 Å². The van der Waals surface area contributed by atoms with Crippen LogP contribution in [0.25, 0.3) is 5.69 Å². The minimum atomic E-state index is -0.0675. The molecule has 2 aromatic rings. The van der Waals surface area contributed by atoms with E-state index in [1.54, 1.807) is 0 Å². The number of H-pyrrole nitrogens is 1. The van der Waals surface area contributed by atoms with Crippen molar-refractivity contribution in [1.29, 1.82) is 0 Å². The van der Waals surface area contributed by atoms with Crippen molar-refractivity contribution in [2.45, 2.75) is 19.8 Å². The molecule has 4 heteroatoms. The molecular weight excluding hydrogens is 216 g/mol. The van der Waals surface area contributed by atoms with Crippen molar-refractivity contribution in [3.63, 3.8) is 0 Å². The van der Waals surface area contributed by atoms with Crippen molar-refractivity contribution in [3.05, 3.63) is 51.9 Å². The highest BCUT2D eigenvalue weighted by Crippen LogP contribution is 2.08. The Morgan fingerprint density at radius 2 is 2.00 bits per heavy atom. The van der Waals surface area contributed by atoms with Gasteiger partial charge in [-0.05, 0) is 18.6 Å². The molecule has 0 amide bonds. The van der Waals surface area contributed by atoms with Crippen LogP contribution < -0.4 is 5.56 Å². The minimum Gasteiger partial charge on any atom is -0.396 e. The first-order chi connectivity index (χ1) is 8.27. The van der Waals surface area contributed by atoms with E-state index in [-0.39, 0.29) is 12.2 Å². The van der Waals surface area contributed by atoms with Crippen molar-refractivity contribution in [3.8, 4) is 5.69 Å². The third-order valence-electron chi connectivity index (χ3n) is 2.80. The summed E-state index contributed by atoms with van der Waals surface area (Å²) < 4.78 is 1.53. The summed E-state index contributed by atoms with van der Waals surface area (Å²) in [6, 6.07) is 9.44. The first-order valence-electron chi connectivity index (χ1n) is 5.77. The largest absolute Gasteiger partial charge is 0.396 e. The lowest BCUT2D eigenvalue weighted by molar-refractivity contribution is 0.299. The number of rotatable bonds is 4. The molecule has 0 aliphatic carbocycles. The monoisotopic (exact) mass is 232 g/mol. The smallest absolute Gasteiger partial charge is 0.274 e. The normalized spacial score (nSPS) is 10.7. The van der Waals surface area contributed by atoms with Gasteiger partial charge in [0.1, 0.15) is 0 Å². The molecule has 4 nitrogen and oxygen atoms in total. The van der Waals surface area contributed by atoms with Crippen LogP contribution in [0.3, 0.4) is 0 Å². The molecule has 1 heterocycles. The van der Waals surface area contributed by atoms with Crippen LogP contribution in [0.4, 0.5) is 0 Å². The molecule has 90 valence electrons. The summed E-state index contributed by atoms with van der Waals surface area (Å²) in [5, 5.41) is 12.1. The van der Waals surface area contributed by atoms with E-state index in [9.17, 15) is 4.79 Å². The van der Waals surface area contributed by atoms with Gasteiger partial charge in [-0.25, -0.2) is 4.68 Å². The van der Waals surface area contributed by atoms with Crippen LogP contribution in [0.5, 0.6) is 0 Å². The van der Waals surface area contributed by atoms with Gasteiger partial charge < -0.3 is 5.11 Å². The molecule has 0 fully saturated rings. The molecule has 0 unspecified atom stereocenters. The minimum absolute atomic E-state index is 0.00508. The molecule has 0 bridgehead atoms. The Labute approximate surface area is 99.5 Å². The second-order valence-corrected chi connectivity index (χ2v) is 3.87. The highest BCUT2D eigenvalue weighted by molar-refractivity contribution is 5.32. The number of aromatic amines is 1. The lowest BCUT2D eigenvalue weighted by Gasteiger charge is -1.99. The fourth-order valence-corrected chi connectivity index (χ4v) is 1.94. The van der Waals surface area contributed by atoms with Gasteiger partial charge in [0.25, 0.3) is 5.56 Å². The van der Waals surface area contributed by atoms with Gasteiger partial charge in [0.2, 0.25) is 0 Å².